The quantitative estimate of drug-likeness (QED) is 0.770. The van der Waals surface area contributed by atoms with E-state index in [1.54, 1.807) is 30.9 Å². The first-order valence-electron chi connectivity index (χ1n) is 8.94. The van der Waals surface area contributed by atoms with Crippen molar-refractivity contribution in [3.8, 4) is 0 Å². The van der Waals surface area contributed by atoms with Crippen LogP contribution in [0.1, 0.15) is 13.8 Å². The van der Waals surface area contributed by atoms with Crippen LogP contribution in [0.2, 0.25) is 0 Å². The lowest BCUT2D eigenvalue weighted by atomic mass is 9.90. The third-order valence-electron chi connectivity index (χ3n) is 4.71. The second-order valence-corrected chi connectivity index (χ2v) is 7.44. The van der Waals surface area contributed by atoms with Gasteiger partial charge in [0.15, 0.2) is 0 Å². The van der Waals surface area contributed by atoms with E-state index < -0.39 is 5.41 Å². The minimum atomic E-state index is -1.09. The number of nitrogens with zero attached hydrogens (tertiary/aromatic N) is 3. The molecule has 0 unspecified atom stereocenters. The summed E-state index contributed by atoms with van der Waals surface area (Å²) in [6, 6.07) is 6.37. The number of anilines is 1. The van der Waals surface area contributed by atoms with E-state index >= 15 is 0 Å². The van der Waals surface area contributed by atoms with Crippen molar-refractivity contribution in [1.82, 2.24) is 15.1 Å². The molecule has 1 aliphatic heterocycles. The van der Waals surface area contributed by atoms with Gasteiger partial charge in [0.25, 0.3) is 0 Å². The Hall–Kier alpha value is -2.15. The highest BCUT2D eigenvalue weighted by molar-refractivity contribution is 6.04. The highest BCUT2D eigenvalue weighted by atomic mass is 19.1. The highest BCUT2D eigenvalue weighted by Crippen LogP contribution is 2.22. The first-order valence-corrected chi connectivity index (χ1v) is 8.94. The van der Waals surface area contributed by atoms with Crippen molar-refractivity contribution in [2.24, 2.45) is 5.41 Å². The fraction of sp³-hybridized carbons (Fsp3) is 0.579. The van der Waals surface area contributed by atoms with E-state index in [4.69, 9.17) is 0 Å². The molecular formula is C19H29FN4O2. The zero-order valence-electron chi connectivity index (χ0n) is 16.1. The van der Waals surface area contributed by atoms with Crippen LogP contribution < -0.4 is 10.2 Å². The molecule has 1 aromatic rings. The number of carbonyl (C=O) groups excluding carboxylic acids is 2. The number of benzene rings is 1. The Bertz CT molecular complexity index is 623. The number of amides is 2. The van der Waals surface area contributed by atoms with E-state index in [-0.39, 0.29) is 17.6 Å². The molecule has 0 spiro atoms. The predicted molar refractivity (Wildman–Crippen MR) is 101 cm³/mol. The lowest BCUT2D eigenvalue weighted by molar-refractivity contribution is -0.148. The average molecular weight is 364 g/mol. The Labute approximate surface area is 154 Å². The molecule has 1 heterocycles. The predicted octanol–water partition coefficient (Wildman–Crippen LogP) is 1.18. The van der Waals surface area contributed by atoms with Crippen LogP contribution in [0.3, 0.4) is 0 Å². The zero-order chi connectivity index (χ0) is 19.3. The van der Waals surface area contributed by atoms with Crippen LogP contribution in [0.15, 0.2) is 24.3 Å². The molecular weight excluding hydrogens is 335 g/mol. The number of halogens is 1. The number of nitrogens with one attached hydrogen (secondary N) is 1. The van der Waals surface area contributed by atoms with Crippen LogP contribution in [0.25, 0.3) is 0 Å². The minimum absolute atomic E-state index is 0.154. The molecule has 1 aliphatic rings. The van der Waals surface area contributed by atoms with E-state index in [1.165, 1.54) is 12.1 Å². The number of likely N-dealkylation sites (N-methyl/N-ethyl adjacent to an activating group) is 1. The fourth-order valence-corrected chi connectivity index (χ4v) is 2.93. The second kappa shape index (κ2) is 8.49. The Morgan fingerprint density at radius 3 is 2.23 bits per heavy atom. The SMILES string of the molecule is CN(C)CCNC(=O)C(C)(C)C(=O)N1CCN(c2ccc(F)cc2)CC1. The summed E-state index contributed by atoms with van der Waals surface area (Å²) in [6.45, 7) is 7.01. The van der Waals surface area contributed by atoms with Gasteiger partial charge in [0, 0.05) is 45.0 Å². The molecule has 7 heteroatoms. The molecule has 1 fully saturated rings. The molecule has 144 valence electrons. The first-order chi connectivity index (χ1) is 12.2. The van der Waals surface area contributed by atoms with Crippen LogP contribution in [-0.2, 0) is 9.59 Å². The van der Waals surface area contributed by atoms with E-state index in [0.29, 0.717) is 32.7 Å². The maximum atomic E-state index is 13.0. The van der Waals surface area contributed by atoms with Gasteiger partial charge in [0.1, 0.15) is 11.2 Å². The molecule has 1 N–H and O–H groups in total. The molecule has 0 saturated carbocycles. The molecule has 26 heavy (non-hydrogen) atoms. The highest BCUT2D eigenvalue weighted by Gasteiger charge is 2.39. The molecule has 0 radical (unpaired) electrons. The lowest BCUT2D eigenvalue weighted by Crippen LogP contribution is -2.55. The lowest BCUT2D eigenvalue weighted by Gasteiger charge is -2.39. The minimum Gasteiger partial charge on any atom is -0.368 e. The van der Waals surface area contributed by atoms with E-state index in [1.807, 2.05) is 19.0 Å². The van der Waals surface area contributed by atoms with Crippen molar-refractivity contribution in [2.45, 2.75) is 13.8 Å². The Kier molecular flexibility index (Phi) is 6.58. The van der Waals surface area contributed by atoms with Crippen LogP contribution in [0, 0.1) is 11.2 Å². The third-order valence-corrected chi connectivity index (χ3v) is 4.71. The number of rotatable bonds is 6. The van der Waals surface area contributed by atoms with Crippen molar-refractivity contribution < 1.29 is 14.0 Å². The van der Waals surface area contributed by atoms with E-state index in [0.717, 1.165) is 12.2 Å². The molecule has 0 bridgehead atoms. The summed E-state index contributed by atoms with van der Waals surface area (Å²) in [5.74, 6) is -0.659. The summed E-state index contributed by atoms with van der Waals surface area (Å²) in [5.41, 5.74) is -0.149. The van der Waals surface area contributed by atoms with Crippen molar-refractivity contribution in [3.05, 3.63) is 30.1 Å². The maximum absolute atomic E-state index is 13.0. The third kappa shape index (κ3) is 4.94. The van der Waals surface area contributed by atoms with Crippen LogP contribution >= 0.6 is 0 Å². The average Bonchev–Trinajstić information content (AvgIpc) is 2.61. The maximum Gasteiger partial charge on any atom is 0.237 e. The van der Waals surface area contributed by atoms with Gasteiger partial charge in [-0.1, -0.05) is 0 Å². The van der Waals surface area contributed by atoms with Gasteiger partial charge < -0.3 is 20.0 Å². The monoisotopic (exact) mass is 364 g/mol. The van der Waals surface area contributed by atoms with Gasteiger partial charge in [-0.2, -0.15) is 0 Å². The van der Waals surface area contributed by atoms with E-state index in [2.05, 4.69) is 10.2 Å². The van der Waals surface area contributed by atoms with Crippen LogP contribution in [-0.4, -0.2) is 75.0 Å². The standard InChI is InChI=1S/C19H29FN4O2/c1-19(2,17(25)21-9-10-22(3)4)18(26)24-13-11-23(12-14-24)16-7-5-15(20)6-8-16/h5-8H,9-14H2,1-4H3,(H,21,25). The molecule has 1 aromatic carbocycles. The number of piperazine rings is 1. The smallest absolute Gasteiger partial charge is 0.237 e. The van der Waals surface area contributed by atoms with Crippen LogP contribution in [0.4, 0.5) is 10.1 Å². The topological polar surface area (TPSA) is 55.9 Å². The summed E-state index contributed by atoms with van der Waals surface area (Å²) >= 11 is 0. The molecule has 2 rings (SSSR count). The van der Waals surface area contributed by atoms with Gasteiger partial charge >= 0.3 is 0 Å². The zero-order valence-corrected chi connectivity index (χ0v) is 16.1. The Balaban J connectivity index is 1.89. The fourth-order valence-electron chi connectivity index (χ4n) is 2.93. The number of carbonyl (C=O) groups is 2. The van der Waals surface area contributed by atoms with Gasteiger partial charge in [-0.25, -0.2) is 4.39 Å². The second-order valence-electron chi connectivity index (χ2n) is 7.44. The largest absolute Gasteiger partial charge is 0.368 e. The molecule has 0 atom stereocenters. The summed E-state index contributed by atoms with van der Waals surface area (Å²) in [6.07, 6.45) is 0. The van der Waals surface area contributed by atoms with Crippen molar-refractivity contribution in [1.29, 1.82) is 0 Å². The molecule has 0 aliphatic carbocycles. The van der Waals surface area contributed by atoms with Gasteiger partial charge in [0.05, 0.1) is 0 Å². The van der Waals surface area contributed by atoms with Gasteiger partial charge in [0.2, 0.25) is 11.8 Å². The van der Waals surface area contributed by atoms with Crippen molar-refractivity contribution >= 4 is 17.5 Å². The Morgan fingerprint density at radius 1 is 1.12 bits per heavy atom. The van der Waals surface area contributed by atoms with Crippen molar-refractivity contribution in [2.75, 3.05) is 58.3 Å². The normalized spacial score (nSPS) is 15.3. The summed E-state index contributed by atoms with van der Waals surface area (Å²) in [4.78, 5) is 31.1. The van der Waals surface area contributed by atoms with Gasteiger partial charge in [-0.3, -0.25) is 9.59 Å². The van der Waals surface area contributed by atoms with E-state index in [9.17, 15) is 14.0 Å². The Morgan fingerprint density at radius 2 is 1.69 bits per heavy atom. The summed E-state index contributed by atoms with van der Waals surface area (Å²) < 4.78 is 13.0. The molecule has 6 nitrogen and oxygen atoms in total. The molecule has 2 amide bonds. The summed E-state index contributed by atoms with van der Waals surface area (Å²) in [5, 5.41) is 2.84. The summed E-state index contributed by atoms with van der Waals surface area (Å²) in [7, 11) is 3.87. The number of hydrogen-bond donors (Lipinski definition) is 1. The molecule has 0 aromatic heterocycles. The van der Waals surface area contributed by atoms with Crippen molar-refractivity contribution in [3.63, 3.8) is 0 Å². The number of hydrogen-bond acceptors (Lipinski definition) is 4. The van der Waals surface area contributed by atoms with Gasteiger partial charge in [-0.05, 0) is 52.2 Å². The first kappa shape index (κ1) is 20.2. The molecule has 1 saturated heterocycles. The van der Waals surface area contributed by atoms with Crippen LogP contribution in [0.5, 0.6) is 0 Å². The van der Waals surface area contributed by atoms with Gasteiger partial charge in [-0.15, -0.1) is 0 Å².